The molecule has 0 atom stereocenters. The molecular formula is C20H20F2N7. The minimum absolute atomic E-state index is 0.210. The summed E-state index contributed by atoms with van der Waals surface area (Å²) in [5, 5.41) is 13.2. The first-order valence-corrected chi connectivity index (χ1v) is 9.24. The second kappa shape index (κ2) is 7.57. The Bertz CT molecular complexity index is 1140. The summed E-state index contributed by atoms with van der Waals surface area (Å²) in [5.74, 6) is -0.899. The van der Waals surface area contributed by atoms with E-state index in [1.54, 1.807) is 11.9 Å². The molecule has 0 unspecified atom stereocenters. The van der Waals surface area contributed by atoms with Crippen molar-refractivity contribution < 1.29 is 8.78 Å². The SMILES string of the molecule is CCn1c(C)cc2cc(CN(Cc3cc(F)cc(F)c3)c3nnn(C)n3)[c]nc21. The van der Waals surface area contributed by atoms with Gasteiger partial charge in [-0.25, -0.2) is 13.8 Å². The maximum atomic E-state index is 13.6. The molecule has 3 heterocycles. The zero-order valence-corrected chi connectivity index (χ0v) is 16.4. The van der Waals surface area contributed by atoms with Crippen LogP contribution >= 0.6 is 0 Å². The smallest absolute Gasteiger partial charge is 0.266 e. The van der Waals surface area contributed by atoms with Crippen LogP contribution in [0.4, 0.5) is 14.7 Å². The van der Waals surface area contributed by atoms with Gasteiger partial charge in [-0.15, -0.1) is 5.10 Å². The van der Waals surface area contributed by atoms with Crippen molar-refractivity contribution in [3.63, 3.8) is 0 Å². The van der Waals surface area contributed by atoms with Crippen molar-refractivity contribution in [2.75, 3.05) is 4.90 Å². The number of hydrogen-bond donors (Lipinski definition) is 0. The third-order valence-corrected chi connectivity index (χ3v) is 4.69. The second-order valence-corrected chi connectivity index (χ2v) is 6.91. The largest absolute Gasteiger partial charge is 0.330 e. The highest BCUT2D eigenvalue weighted by molar-refractivity contribution is 5.78. The molecule has 0 saturated carbocycles. The van der Waals surface area contributed by atoms with Gasteiger partial charge >= 0.3 is 0 Å². The number of fused-ring (bicyclic) bond motifs is 1. The van der Waals surface area contributed by atoms with Crippen molar-refractivity contribution in [3.8, 4) is 0 Å². The zero-order valence-electron chi connectivity index (χ0n) is 16.4. The van der Waals surface area contributed by atoms with E-state index in [1.165, 1.54) is 16.9 Å². The molecule has 0 aliphatic heterocycles. The van der Waals surface area contributed by atoms with Gasteiger partial charge in [0.15, 0.2) is 0 Å². The highest BCUT2D eigenvalue weighted by Gasteiger charge is 2.16. The minimum atomic E-state index is -0.627. The van der Waals surface area contributed by atoms with E-state index in [0.717, 1.165) is 34.9 Å². The average Bonchev–Trinajstić information content (AvgIpc) is 3.22. The van der Waals surface area contributed by atoms with Crippen molar-refractivity contribution in [2.24, 2.45) is 7.05 Å². The number of pyridine rings is 1. The predicted molar refractivity (Wildman–Crippen MR) is 104 cm³/mol. The van der Waals surface area contributed by atoms with Crippen LogP contribution in [0.1, 0.15) is 23.7 Å². The zero-order chi connectivity index (χ0) is 20.5. The van der Waals surface area contributed by atoms with Gasteiger partial charge in [0.2, 0.25) is 0 Å². The Kier molecular flexibility index (Phi) is 4.96. The standard InChI is InChI=1S/C20H20F2N7/c1-4-29-13(2)5-16-6-15(10-23-19(16)29)12-28(20-24-26-27(3)25-20)11-14-7-17(21)9-18(22)8-14/h5-9H,4,11-12H2,1-3H3. The van der Waals surface area contributed by atoms with E-state index in [1.807, 2.05) is 13.0 Å². The molecule has 29 heavy (non-hydrogen) atoms. The van der Waals surface area contributed by atoms with Crippen LogP contribution in [-0.4, -0.2) is 29.8 Å². The summed E-state index contributed by atoms with van der Waals surface area (Å²) >= 11 is 0. The number of aromatic nitrogens is 6. The normalized spacial score (nSPS) is 11.3. The summed E-state index contributed by atoms with van der Waals surface area (Å²) in [6.07, 6.45) is 3.07. The molecule has 4 aromatic rings. The van der Waals surface area contributed by atoms with Gasteiger partial charge in [0.1, 0.15) is 17.3 Å². The third-order valence-electron chi connectivity index (χ3n) is 4.69. The molecule has 9 heteroatoms. The summed E-state index contributed by atoms with van der Waals surface area (Å²) in [5.41, 5.74) is 3.29. The molecule has 7 nitrogen and oxygen atoms in total. The number of benzene rings is 1. The summed E-state index contributed by atoms with van der Waals surface area (Å²) in [7, 11) is 1.66. The van der Waals surface area contributed by atoms with Crippen LogP contribution in [0.3, 0.4) is 0 Å². The number of nitrogens with zero attached hydrogens (tertiary/aromatic N) is 7. The molecule has 1 radical (unpaired) electrons. The summed E-state index contributed by atoms with van der Waals surface area (Å²) < 4.78 is 29.4. The van der Waals surface area contributed by atoms with Crippen molar-refractivity contribution in [2.45, 2.75) is 33.5 Å². The lowest BCUT2D eigenvalue weighted by atomic mass is 10.1. The fourth-order valence-electron chi connectivity index (χ4n) is 3.47. The molecule has 4 rings (SSSR count). The van der Waals surface area contributed by atoms with E-state index in [2.05, 4.69) is 44.1 Å². The van der Waals surface area contributed by atoms with Crippen molar-refractivity contribution in [1.82, 2.24) is 29.8 Å². The molecule has 0 saturated heterocycles. The molecule has 0 fully saturated rings. The number of rotatable bonds is 6. The first-order valence-electron chi connectivity index (χ1n) is 9.24. The number of anilines is 1. The quantitative estimate of drug-likeness (QED) is 0.501. The van der Waals surface area contributed by atoms with Crippen molar-refractivity contribution in [3.05, 3.63) is 65.0 Å². The van der Waals surface area contributed by atoms with E-state index in [4.69, 9.17) is 0 Å². The Balaban J connectivity index is 1.67. The molecule has 1 aromatic carbocycles. The van der Waals surface area contributed by atoms with Gasteiger partial charge in [-0.2, -0.15) is 4.80 Å². The van der Waals surface area contributed by atoms with E-state index in [0.29, 0.717) is 18.1 Å². The van der Waals surface area contributed by atoms with Crippen LogP contribution in [0, 0.1) is 24.8 Å². The van der Waals surface area contributed by atoms with Crippen LogP contribution in [0.15, 0.2) is 30.3 Å². The number of aryl methyl sites for hydroxylation is 3. The van der Waals surface area contributed by atoms with Crippen LogP contribution in [-0.2, 0) is 26.7 Å². The summed E-state index contributed by atoms with van der Waals surface area (Å²) in [6, 6.07) is 7.53. The molecule has 149 valence electrons. The van der Waals surface area contributed by atoms with Gasteiger partial charge in [-0.1, -0.05) is 5.10 Å². The van der Waals surface area contributed by atoms with Crippen LogP contribution in [0.2, 0.25) is 0 Å². The Labute approximate surface area is 166 Å². The lowest BCUT2D eigenvalue weighted by Gasteiger charge is -2.20. The third kappa shape index (κ3) is 3.94. The van der Waals surface area contributed by atoms with Crippen LogP contribution in [0.25, 0.3) is 11.0 Å². The second-order valence-electron chi connectivity index (χ2n) is 6.91. The van der Waals surface area contributed by atoms with Gasteiger partial charge in [0.05, 0.1) is 13.2 Å². The highest BCUT2D eigenvalue weighted by Crippen LogP contribution is 2.21. The van der Waals surface area contributed by atoms with Crippen molar-refractivity contribution >= 4 is 17.0 Å². The Morgan fingerprint density at radius 1 is 1.07 bits per heavy atom. The molecule has 0 spiro atoms. The van der Waals surface area contributed by atoms with Crippen molar-refractivity contribution in [1.29, 1.82) is 0 Å². The molecule has 0 aliphatic carbocycles. The number of hydrogen-bond acceptors (Lipinski definition) is 5. The highest BCUT2D eigenvalue weighted by atomic mass is 19.1. The van der Waals surface area contributed by atoms with E-state index < -0.39 is 11.6 Å². The fraction of sp³-hybridized carbons (Fsp3) is 0.300. The summed E-state index contributed by atoms with van der Waals surface area (Å²) in [6.45, 7) is 5.52. The minimum Gasteiger partial charge on any atom is -0.330 e. The molecule has 0 bridgehead atoms. The van der Waals surface area contributed by atoms with Crippen LogP contribution < -0.4 is 4.90 Å². The van der Waals surface area contributed by atoms with E-state index in [9.17, 15) is 8.78 Å². The monoisotopic (exact) mass is 396 g/mol. The van der Waals surface area contributed by atoms with Gasteiger partial charge < -0.3 is 9.47 Å². The van der Waals surface area contributed by atoms with Crippen LogP contribution in [0.5, 0.6) is 0 Å². The first-order chi connectivity index (χ1) is 13.9. The van der Waals surface area contributed by atoms with E-state index >= 15 is 0 Å². The molecule has 0 N–H and O–H groups in total. The van der Waals surface area contributed by atoms with Gasteiger partial charge in [0, 0.05) is 42.3 Å². The average molecular weight is 396 g/mol. The topological polar surface area (TPSA) is 64.7 Å². The number of tetrazole rings is 1. The number of halogens is 2. The molecule has 3 aromatic heterocycles. The Morgan fingerprint density at radius 2 is 1.83 bits per heavy atom. The molecule has 0 amide bonds. The van der Waals surface area contributed by atoms with E-state index in [-0.39, 0.29) is 6.54 Å². The lowest BCUT2D eigenvalue weighted by molar-refractivity contribution is 0.578. The predicted octanol–water partition coefficient (Wildman–Crippen LogP) is 3.17. The first kappa shape index (κ1) is 19.0. The Hall–Kier alpha value is -3.36. The van der Waals surface area contributed by atoms with Gasteiger partial charge in [-0.05, 0) is 48.9 Å². The van der Waals surface area contributed by atoms with Gasteiger partial charge in [-0.3, -0.25) is 0 Å². The molecule has 0 aliphatic rings. The maximum absolute atomic E-state index is 13.6. The molecular weight excluding hydrogens is 376 g/mol. The Morgan fingerprint density at radius 3 is 2.48 bits per heavy atom. The fourth-order valence-corrected chi connectivity index (χ4v) is 3.47. The maximum Gasteiger partial charge on any atom is 0.266 e. The van der Waals surface area contributed by atoms with Gasteiger partial charge in [0.25, 0.3) is 5.95 Å². The lowest BCUT2D eigenvalue weighted by Crippen LogP contribution is -2.24. The summed E-state index contributed by atoms with van der Waals surface area (Å²) in [4.78, 5) is 7.61.